The van der Waals surface area contributed by atoms with Crippen LogP contribution in [0.25, 0.3) is 43.1 Å². The fraction of sp³-hybridized carbons (Fsp3) is 0.308. The van der Waals surface area contributed by atoms with Crippen LogP contribution in [0.2, 0.25) is 0 Å². The van der Waals surface area contributed by atoms with Gasteiger partial charge >= 0.3 is 52.4 Å². The molecule has 0 aliphatic carbocycles. The van der Waals surface area contributed by atoms with Crippen molar-refractivity contribution < 1.29 is 61.8 Å². The Kier molecular flexibility index (Phi) is 20.7. The predicted molar refractivity (Wildman–Crippen MR) is 233 cm³/mol. The summed E-state index contributed by atoms with van der Waals surface area (Å²) in [5.41, 5.74) is 11.3. The number of aryl methyl sites for hydroxylation is 4. The van der Waals surface area contributed by atoms with Gasteiger partial charge in [-0.2, -0.15) is 24.3 Å². The summed E-state index contributed by atoms with van der Waals surface area (Å²) in [7, 11) is 0. The number of benzene rings is 4. The van der Waals surface area contributed by atoms with E-state index >= 15 is 0 Å². The summed E-state index contributed by atoms with van der Waals surface area (Å²) in [6, 6.07) is 44.4. The summed E-state index contributed by atoms with van der Waals surface area (Å²) in [5.74, 6) is 2.46. The van der Waals surface area contributed by atoms with E-state index in [1.807, 2.05) is 0 Å². The van der Waals surface area contributed by atoms with Crippen LogP contribution >= 0.6 is 0 Å². The van der Waals surface area contributed by atoms with E-state index in [0.29, 0.717) is 23.7 Å². The minimum absolute atomic E-state index is 0. The van der Waals surface area contributed by atoms with Crippen LogP contribution in [0.15, 0.2) is 121 Å². The van der Waals surface area contributed by atoms with Crippen LogP contribution in [0.4, 0.5) is 0 Å². The molecular formula is C52H60F2Zr2-2. The first kappa shape index (κ1) is 51.0. The summed E-state index contributed by atoms with van der Waals surface area (Å²) in [5, 5.41) is 11.2. The predicted octanol–water partition coefficient (Wildman–Crippen LogP) is 9.97. The molecule has 0 bridgehead atoms. The van der Waals surface area contributed by atoms with Crippen molar-refractivity contribution in [3.05, 3.63) is 166 Å². The van der Waals surface area contributed by atoms with E-state index in [2.05, 4.69) is 204 Å². The molecule has 0 aliphatic heterocycles. The van der Waals surface area contributed by atoms with Gasteiger partial charge in [-0.15, -0.1) is 138 Å². The third kappa shape index (κ3) is 12.5. The number of hydrogen-bond acceptors (Lipinski definition) is 0. The molecule has 4 heteroatoms. The van der Waals surface area contributed by atoms with Gasteiger partial charge in [0, 0.05) is 0 Å². The summed E-state index contributed by atoms with van der Waals surface area (Å²) in [6.07, 6.45) is 0. The molecule has 8 aromatic carbocycles. The molecule has 0 atom stereocenters. The first-order valence-corrected chi connectivity index (χ1v) is 19.4. The third-order valence-electron chi connectivity index (χ3n) is 10.2. The van der Waals surface area contributed by atoms with Gasteiger partial charge in [-0.05, 0) is 23.7 Å². The Morgan fingerprint density at radius 1 is 0.321 bits per heavy atom. The summed E-state index contributed by atoms with van der Waals surface area (Å²) in [4.78, 5) is 0. The molecule has 0 aromatic heterocycles. The largest absolute Gasteiger partial charge is 2.00 e. The molecule has 0 radical (unpaired) electrons. The first-order valence-electron chi connectivity index (χ1n) is 19.4. The molecule has 0 saturated carbocycles. The van der Waals surface area contributed by atoms with Crippen molar-refractivity contribution in [1.29, 1.82) is 0 Å². The van der Waals surface area contributed by atoms with E-state index in [4.69, 9.17) is 0 Å². The molecule has 0 nitrogen and oxygen atoms in total. The van der Waals surface area contributed by atoms with Gasteiger partial charge in [0.15, 0.2) is 0 Å². The van der Waals surface area contributed by atoms with Crippen LogP contribution in [-0.4, -0.2) is 0 Å². The number of rotatable bonds is 4. The number of hydrogen-bond donors (Lipinski definition) is 0. The number of fused-ring (bicyclic) bond motifs is 4. The second-order valence-electron chi connectivity index (χ2n) is 16.2. The van der Waals surface area contributed by atoms with Gasteiger partial charge in [0.05, 0.1) is 0 Å². The molecule has 8 aromatic rings. The van der Waals surface area contributed by atoms with Crippen molar-refractivity contribution in [2.45, 2.75) is 107 Å². The Bertz CT molecular complexity index is 2030. The third-order valence-corrected chi connectivity index (χ3v) is 10.2. The molecule has 292 valence electrons. The van der Waals surface area contributed by atoms with E-state index in [-0.39, 0.29) is 61.8 Å². The van der Waals surface area contributed by atoms with Crippen molar-refractivity contribution in [2.24, 2.45) is 0 Å². The van der Waals surface area contributed by atoms with Gasteiger partial charge in [-0.25, -0.2) is 0 Å². The normalized spacial score (nSPS) is 10.6. The molecule has 0 saturated heterocycles. The van der Waals surface area contributed by atoms with Crippen molar-refractivity contribution in [2.75, 3.05) is 0 Å². The smallest absolute Gasteiger partial charge is 1.00 e. The Morgan fingerprint density at radius 2 is 0.500 bits per heavy atom. The quantitative estimate of drug-likeness (QED) is 0.155. The van der Waals surface area contributed by atoms with Crippen molar-refractivity contribution in [3.8, 4) is 0 Å². The average molecular weight is 905 g/mol. The standard InChI is InChI=1S/4C13H15.2FH.2Zr/c4*1-9(2)12-6-4-5-11-7-10(3)8-13(11)12;;;;/h4*4-9H,1-3H3;2*1H;;/q4*-1;;;2*+2/p-2. The second-order valence-corrected chi connectivity index (χ2v) is 16.2. The van der Waals surface area contributed by atoms with E-state index in [1.165, 1.54) is 87.6 Å². The molecule has 0 amide bonds. The second kappa shape index (κ2) is 22.8. The minimum atomic E-state index is 0. The van der Waals surface area contributed by atoms with E-state index in [1.54, 1.807) is 0 Å². The maximum atomic E-state index is 2.28. The number of halogens is 2. The molecular weight excluding hydrogens is 845 g/mol. The maximum Gasteiger partial charge on any atom is 2.00 e. The molecule has 56 heavy (non-hydrogen) atoms. The monoisotopic (exact) mass is 902 g/mol. The van der Waals surface area contributed by atoms with Crippen molar-refractivity contribution in [3.63, 3.8) is 0 Å². The zero-order chi connectivity index (χ0) is 37.7. The fourth-order valence-corrected chi connectivity index (χ4v) is 7.65. The first-order chi connectivity index (χ1) is 24.7. The van der Waals surface area contributed by atoms with Crippen LogP contribution in [0.5, 0.6) is 0 Å². The van der Waals surface area contributed by atoms with Gasteiger partial charge in [0.1, 0.15) is 0 Å². The van der Waals surface area contributed by atoms with Crippen LogP contribution in [0.3, 0.4) is 0 Å². The van der Waals surface area contributed by atoms with Crippen molar-refractivity contribution in [1.82, 2.24) is 0 Å². The Hall–Kier alpha value is -3.05. The van der Waals surface area contributed by atoms with Gasteiger partial charge in [-0.1, -0.05) is 130 Å². The minimum Gasteiger partial charge on any atom is -1.00 e. The zero-order valence-corrected chi connectivity index (χ0v) is 40.5. The molecule has 0 heterocycles. The molecule has 0 N–H and O–H groups in total. The Balaban J connectivity index is 0.000000365. The van der Waals surface area contributed by atoms with Gasteiger partial charge in [-0.3, -0.25) is 0 Å². The SMILES string of the molecule is Cc1cc2c(C(C)C)cccc2[cH-]1.Cc1cc2c(C(C)C)cccc2[cH-]1.Cc1cc2c(C(C)C)cccc2[cH-]1.Cc1cc2c(C(C)C)cccc2[cH-]1.[F-].[F-].[Zr+2].[Zr+2]. The Labute approximate surface area is 374 Å². The van der Waals surface area contributed by atoms with Crippen molar-refractivity contribution >= 4 is 43.1 Å². The molecule has 0 aliphatic rings. The van der Waals surface area contributed by atoms with Gasteiger partial charge in [0.2, 0.25) is 0 Å². The topological polar surface area (TPSA) is 0 Å². The van der Waals surface area contributed by atoms with Gasteiger partial charge < -0.3 is 9.41 Å². The van der Waals surface area contributed by atoms with E-state index in [0.717, 1.165) is 0 Å². The van der Waals surface area contributed by atoms with Crippen LogP contribution in [0.1, 0.15) is 124 Å². The molecule has 0 fully saturated rings. The van der Waals surface area contributed by atoms with Crippen LogP contribution < -0.4 is 9.41 Å². The van der Waals surface area contributed by atoms with Crippen LogP contribution in [0, 0.1) is 27.7 Å². The van der Waals surface area contributed by atoms with E-state index < -0.39 is 0 Å². The summed E-state index contributed by atoms with van der Waals surface area (Å²) < 4.78 is 0. The maximum absolute atomic E-state index is 2.28. The van der Waals surface area contributed by atoms with Crippen LogP contribution in [-0.2, 0) is 52.4 Å². The average Bonchev–Trinajstić information content (AvgIpc) is 3.86. The van der Waals surface area contributed by atoms with E-state index in [9.17, 15) is 0 Å². The zero-order valence-electron chi connectivity index (χ0n) is 35.6. The Morgan fingerprint density at radius 3 is 0.661 bits per heavy atom. The fourth-order valence-electron chi connectivity index (χ4n) is 7.65. The van der Waals surface area contributed by atoms with Gasteiger partial charge in [0.25, 0.3) is 0 Å². The summed E-state index contributed by atoms with van der Waals surface area (Å²) in [6.45, 7) is 26.6. The molecule has 8 rings (SSSR count). The summed E-state index contributed by atoms with van der Waals surface area (Å²) >= 11 is 0. The molecule has 0 spiro atoms. The molecule has 0 unspecified atom stereocenters.